The van der Waals surface area contributed by atoms with Gasteiger partial charge in [0.15, 0.2) is 0 Å². The molecule has 1 N–H and O–H groups in total. The lowest BCUT2D eigenvalue weighted by atomic mass is 10.2. The first kappa shape index (κ1) is 17.4. The largest absolute Gasteiger partial charge is 0.396 e. The Kier molecular flexibility index (Phi) is 6.39. The highest BCUT2D eigenvalue weighted by atomic mass is 35.5. The Morgan fingerprint density at radius 3 is 2.55 bits per heavy atom. The van der Waals surface area contributed by atoms with Crippen LogP contribution < -0.4 is 0 Å². The van der Waals surface area contributed by atoms with Crippen molar-refractivity contribution in [3.63, 3.8) is 0 Å². The number of nitrogens with zero attached hydrogens (tertiary/aromatic N) is 1. The van der Waals surface area contributed by atoms with E-state index in [4.69, 9.17) is 16.7 Å². The summed E-state index contributed by atoms with van der Waals surface area (Å²) in [6.45, 7) is 3.83. The van der Waals surface area contributed by atoms with Gasteiger partial charge in [-0.05, 0) is 37.5 Å². The summed E-state index contributed by atoms with van der Waals surface area (Å²) < 4.78 is 39.6. The molecule has 0 aliphatic heterocycles. The zero-order valence-corrected chi connectivity index (χ0v) is 13.1. The SMILES string of the molecule is CCN(CCCCO)S(=O)(=O)c1cc(C)c(F)cc1Cl. The number of rotatable bonds is 7. The summed E-state index contributed by atoms with van der Waals surface area (Å²) in [5.41, 5.74) is 0.236. The third kappa shape index (κ3) is 3.91. The van der Waals surface area contributed by atoms with E-state index < -0.39 is 15.8 Å². The average molecular weight is 324 g/mol. The molecule has 0 heterocycles. The summed E-state index contributed by atoms with van der Waals surface area (Å²) >= 11 is 5.86. The minimum atomic E-state index is -3.75. The van der Waals surface area contributed by atoms with E-state index in [1.807, 2.05) is 0 Å². The number of halogens is 2. The highest BCUT2D eigenvalue weighted by Crippen LogP contribution is 2.27. The molecule has 0 atom stereocenters. The van der Waals surface area contributed by atoms with E-state index in [1.54, 1.807) is 6.92 Å². The lowest BCUT2D eigenvalue weighted by Gasteiger charge is -2.21. The highest BCUT2D eigenvalue weighted by molar-refractivity contribution is 7.89. The Labute approximate surface area is 124 Å². The highest BCUT2D eigenvalue weighted by Gasteiger charge is 2.26. The van der Waals surface area contributed by atoms with Crippen molar-refractivity contribution in [3.8, 4) is 0 Å². The van der Waals surface area contributed by atoms with Gasteiger partial charge in [0.05, 0.1) is 5.02 Å². The number of aliphatic hydroxyl groups is 1. The molecule has 0 bridgehead atoms. The van der Waals surface area contributed by atoms with Gasteiger partial charge in [-0.25, -0.2) is 12.8 Å². The lowest BCUT2D eigenvalue weighted by Crippen LogP contribution is -2.32. The standard InChI is InChI=1S/C13H19ClFNO3S/c1-3-16(6-4-5-7-17)20(18,19)13-8-10(2)12(15)9-11(13)14/h8-9,17H,3-7H2,1-2H3. The summed E-state index contributed by atoms with van der Waals surface area (Å²) in [5.74, 6) is -0.530. The second-order valence-electron chi connectivity index (χ2n) is 4.46. The molecule has 0 amide bonds. The van der Waals surface area contributed by atoms with E-state index in [1.165, 1.54) is 17.3 Å². The fourth-order valence-corrected chi connectivity index (χ4v) is 3.88. The molecule has 0 aliphatic rings. The van der Waals surface area contributed by atoms with Crippen molar-refractivity contribution in [1.82, 2.24) is 4.31 Å². The van der Waals surface area contributed by atoms with Gasteiger partial charge in [-0.1, -0.05) is 18.5 Å². The number of hydrogen-bond donors (Lipinski definition) is 1. The molecule has 114 valence electrons. The van der Waals surface area contributed by atoms with Crippen molar-refractivity contribution in [2.45, 2.75) is 31.6 Å². The van der Waals surface area contributed by atoms with Gasteiger partial charge in [0.1, 0.15) is 10.7 Å². The number of benzene rings is 1. The summed E-state index contributed by atoms with van der Waals surface area (Å²) in [7, 11) is -3.75. The van der Waals surface area contributed by atoms with Gasteiger partial charge in [0.25, 0.3) is 0 Å². The molecule has 1 rings (SSSR count). The van der Waals surface area contributed by atoms with Gasteiger partial charge in [0.2, 0.25) is 10.0 Å². The predicted octanol–water partition coefficient (Wildman–Crippen LogP) is 2.57. The number of sulfonamides is 1. The average Bonchev–Trinajstić information content (AvgIpc) is 2.38. The van der Waals surface area contributed by atoms with E-state index in [0.29, 0.717) is 25.9 Å². The van der Waals surface area contributed by atoms with Gasteiger partial charge < -0.3 is 5.11 Å². The van der Waals surface area contributed by atoms with Gasteiger partial charge >= 0.3 is 0 Å². The molecule has 0 radical (unpaired) electrons. The number of aryl methyl sites for hydroxylation is 1. The fraction of sp³-hybridized carbons (Fsp3) is 0.538. The molecule has 0 aliphatic carbocycles. The van der Waals surface area contributed by atoms with E-state index in [2.05, 4.69) is 0 Å². The second-order valence-corrected chi connectivity index (χ2v) is 6.77. The Balaban J connectivity index is 3.11. The molecule has 0 fully saturated rings. The van der Waals surface area contributed by atoms with Crippen LogP contribution in [0.15, 0.2) is 17.0 Å². The Morgan fingerprint density at radius 1 is 1.35 bits per heavy atom. The summed E-state index contributed by atoms with van der Waals surface area (Å²) in [5, 5.41) is 8.64. The van der Waals surface area contributed by atoms with Gasteiger partial charge in [-0.3, -0.25) is 0 Å². The second kappa shape index (κ2) is 7.36. The van der Waals surface area contributed by atoms with E-state index in [0.717, 1.165) is 6.07 Å². The first-order chi connectivity index (χ1) is 9.34. The zero-order valence-electron chi connectivity index (χ0n) is 11.6. The molecule has 4 nitrogen and oxygen atoms in total. The summed E-state index contributed by atoms with van der Waals surface area (Å²) in [6, 6.07) is 2.27. The van der Waals surface area contributed by atoms with Crippen LogP contribution in [-0.2, 0) is 10.0 Å². The number of unbranched alkanes of at least 4 members (excludes halogenated alkanes) is 1. The minimum absolute atomic E-state index is 0.0218. The van der Waals surface area contributed by atoms with Crippen molar-refractivity contribution >= 4 is 21.6 Å². The van der Waals surface area contributed by atoms with Gasteiger partial charge in [-0.2, -0.15) is 4.31 Å². The van der Waals surface area contributed by atoms with Crippen molar-refractivity contribution < 1.29 is 17.9 Å². The molecule has 0 aromatic heterocycles. The quantitative estimate of drug-likeness (QED) is 0.785. The fourth-order valence-electron chi connectivity index (χ4n) is 1.82. The Morgan fingerprint density at radius 2 is 2.00 bits per heavy atom. The molecular formula is C13H19ClFNO3S. The van der Waals surface area contributed by atoms with Crippen LogP contribution in [0.3, 0.4) is 0 Å². The smallest absolute Gasteiger partial charge is 0.244 e. The van der Waals surface area contributed by atoms with Gasteiger partial charge in [0, 0.05) is 19.7 Å². The normalized spacial score (nSPS) is 12.1. The molecule has 1 aromatic rings. The first-order valence-electron chi connectivity index (χ1n) is 6.41. The topological polar surface area (TPSA) is 57.6 Å². The van der Waals surface area contributed by atoms with Crippen LogP contribution in [0.5, 0.6) is 0 Å². The number of hydrogen-bond acceptors (Lipinski definition) is 3. The molecule has 0 spiro atoms. The summed E-state index contributed by atoms with van der Waals surface area (Å²) in [6.07, 6.45) is 1.09. The van der Waals surface area contributed by atoms with Crippen LogP contribution in [0.4, 0.5) is 4.39 Å². The Bertz CT molecular complexity index is 563. The molecule has 0 saturated carbocycles. The van der Waals surface area contributed by atoms with E-state index in [-0.39, 0.29) is 22.1 Å². The minimum Gasteiger partial charge on any atom is -0.396 e. The van der Waals surface area contributed by atoms with E-state index in [9.17, 15) is 12.8 Å². The molecule has 0 saturated heterocycles. The van der Waals surface area contributed by atoms with Crippen molar-refractivity contribution in [2.75, 3.05) is 19.7 Å². The maximum atomic E-state index is 13.4. The molecule has 7 heteroatoms. The Hall–Kier alpha value is -0.690. The van der Waals surface area contributed by atoms with Crippen molar-refractivity contribution in [1.29, 1.82) is 0 Å². The predicted molar refractivity (Wildman–Crippen MR) is 76.9 cm³/mol. The van der Waals surface area contributed by atoms with Crippen LogP contribution in [0.2, 0.25) is 5.02 Å². The molecular weight excluding hydrogens is 305 g/mol. The lowest BCUT2D eigenvalue weighted by molar-refractivity contribution is 0.277. The molecule has 20 heavy (non-hydrogen) atoms. The molecule has 1 aromatic carbocycles. The molecule has 0 unspecified atom stereocenters. The van der Waals surface area contributed by atoms with Crippen LogP contribution in [0, 0.1) is 12.7 Å². The third-order valence-electron chi connectivity index (χ3n) is 3.00. The number of aliphatic hydroxyl groups excluding tert-OH is 1. The monoisotopic (exact) mass is 323 g/mol. The third-order valence-corrected chi connectivity index (χ3v) is 5.44. The van der Waals surface area contributed by atoms with Crippen LogP contribution in [0.1, 0.15) is 25.3 Å². The van der Waals surface area contributed by atoms with E-state index >= 15 is 0 Å². The van der Waals surface area contributed by atoms with Crippen molar-refractivity contribution in [2.24, 2.45) is 0 Å². The van der Waals surface area contributed by atoms with Crippen LogP contribution in [-0.4, -0.2) is 37.5 Å². The maximum Gasteiger partial charge on any atom is 0.244 e. The van der Waals surface area contributed by atoms with Crippen molar-refractivity contribution in [3.05, 3.63) is 28.5 Å². The maximum absolute atomic E-state index is 13.4. The van der Waals surface area contributed by atoms with Gasteiger partial charge in [-0.15, -0.1) is 0 Å². The zero-order chi connectivity index (χ0) is 15.3. The first-order valence-corrected chi connectivity index (χ1v) is 8.23. The van der Waals surface area contributed by atoms with Crippen LogP contribution in [0.25, 0.3) is 0 Å². The van der Waals surface area contributed by atoms with Crippen LogP contribution >= 0.6 is 11.6 Å². The summed E-state index contributed by atoms with van der Waals surface area (Å²) in [4.78, 5) is -0.0797.